The van der Waals surface area contributed by atoms with Crippen LogP contribution in [0.3, 0.4) is 0 Å². The Hall–Kier alpha value is -1.62. The number of hydrogen-bond donors (Lipinski definition) is 3. The van der Waals surface area contributed by atoms with Gasteiger partial charge in [-0.05, 0) is 37.2 Å². The number of benzene rings is 1. The number of hydrogen-bond acceptors (Lipinski definition) is 3. The van der Waals surface area contributed by atoms with Crippen molar-refractivity contribution in [3.05, 3.63) is 35.1 Å². The third-order valence-corrected chi connectivity index (χ3v) is 4.45. The Labute approximate surface area is 125 Å². The Kier molecular flexibility index (Phi) is 5.17. The molecule has 0 aromatic heterocycles. The molecule has 3 unspecified atom stereocenters. The number of nitrogens with zero attached hydrogens (tertiary/aromatic N) is 1. The minimum Gasteiger partial charge on any atom is -0.409 e. The maximum Gasteiger partial charge on any atom is 0.173 e. The minimum atomic E-state index is -0.419. The fraction of sp³-hybridized carbons (Fsp3) is 0.562. The fourth-order valence-electron chi connectivity index (χ4n) is 3.18. The molecule has 0 amide bonds. The van der Waals surface area contributed by atoms with E-state index in [9.17, 15) is 4.39 Å². The highest BCUT2D eigenvalue weighted by Crippen LogP contribution is 2.28. The van der Waals surface area contributed by atoms with Crippen LogP contribution in [0.5, 0.6) is 0 Å². The lowest BCUT2D eigenvalue weighted by Gasteiger charge is -2.33. The Balaban J connectivity index is 2.04. The zero-order valence-corrected chi connectivity index (χ0v) is 12.6. The molecule has 0 bridgehead atoms. The van der Waals surface area contributed by atoms with E-state index in [1.807, 2.05) is 0 Å². The van der Waals surface area contributed by atoms with E-state index in [0.29, 0.717) is 24.1 Å². The molecule has 4 N–H and O–H groups in total. The lowest BCUT2D eigenvalue weighted by atomic mass is 9.80. The second-order valence-corrected chi connectivity index (χ2v) is 6.15. The van der Waals surface area contributed by atoms with E-state index in [-0.39, 0.29) is 11.4 Å². The number of rotatable bonds is 4. The summed E-state index contributed by atoms with van der Waals surface area (Å²) in [5, 5.41) is 15.0. The zero-order valence-electron chi connectivity index (χ0n) is 12.6. The number of halogens is 1. The van der Waals surface area contributed by atoms with E-state index in [4.69, 9.17) is 10.9 Å². The fourth-order valence-corrected chi connectivity index (χ4v) is 3.18. The topological polar surface area (TPSA) is 70.6 Å². The van der Waals surface area contributed by atoms with Gasteiger partial charge in [0.2, 0.25) is 0 Å². The summed E-state index contributed by atoms with van der Waals surface area (Å²) in [6, 6.07) is 5.39. The standard InChI is InChI=1S/C16H24FN3O/c1-10-6-7-14(11(2)8-10)19-9-12-4-3-5-13(15(12)17)16(18)20-21/h3-5,10-11,14,19,21H,6-9H2,1-2H3,(H2,18,20). The molecular formula is C16H24FN3O. The maximum atomic E-state index is 14.3. The highest BCUT2D eigenvalue weighted by molar-refractivity contribution is 5.97. The summed E-state index contributed by atoms with van der Waals surface area (Å²) < 4.78 is 14.3. The second-order valence-electron chi connectivity index (χ2n) is 6.15. The van der Waals surface area contributed by atoms with Gasteiger partial charge in [0.15, 0.2) is 5.84 Å². The van der Waals surface area contributed by atoms with Crippen molar-refractivity contribution < 1.29 is 9.60 Å². The van der Waals surface area contributed by atoms with E-state index >= 15 is 0 Å². The molecular weight excluding hydrogens is 269 g/mol. The van der Waals surface area contributed by atoms with Crippen molar-refractivity contribution in [2.24, 2.45) is 22.7 Å². The molecule has 1 aromatic carbocycles. The molecule has 1 aromatic rings. The highest BCUT2D eigenvalue weighted by Gasteiger charge is 2.25. The van der Waals surface area contributed by atoms with Gasteiger partial charge < -0.3 is 16.3 Å². The third kappa shape index (κ3) is 3.73. The summed E-state index contributed by atoms with van der Waals surface area (Å²) in [6.07, 6.45) is 3.56. The first-order chi connectivity index (χ1) is 10.0. The lowest BCUT2D eigenvalue weighted by Crippen LogP contribution is -2.38. The van der Waals surface area contributed by atoms with E-state index in [1.54, 1.807) is 12.1 Å². The van der Waals surface area contributed by atoms with E-state index in [2.05, 4.69) is 24.3 Å². The van der Waals surface area contributed by atoms with Crippen LogP contribution in [-0.2, 0) is 6.54 Å². The van der Waals surface area contributed by atoms with Crippen molar-refractivity contribution in [1.82, 2.24) is 5.32 Å². The smallest absolute Gasteiger partial charge is 0.173 e. The molecule has 1 aliphatic rings. The zero-order chi connectivity index (χ0) is 15.4. The van der Waals surface area contributed by atoms with Crippen LogP contribution in [0.1, 0.15) is 44.2 Å². The van der Waals surface area contributed by atoms with Crippen LogP contribution < -0.4 is 11.1 Å². The molecule has 0 radical (unpaired) electrons. The quantitative estimate of drug-likeness (QED) is 0.346. The molecule has 1 aliphatic carbocycles. The molecule has 0 aliphatic heterocycles. The van der Waals surface area contributed by atoms with Gasteiger partial charge in [-0.1, -0.05) is 31.1 Å². The first-order valence-corrected chi connectivity index (χ1v) is 7.51. The Morgan fingerprint density at radius 3 is 2.86 bits per heavy atom. The van der Waals surface area contributed by atoms with Gasteiger partial charge in [-0.25, -0.2) is 4.39 Å². The minimum absolute atomic E-state index is 0.141. The van der Waals surface area contributed by atoms with Gasteiger partial charge >= 0.3 is 0 Å². The highest BCUT2D eigenvalue weighted by atomic mass is 19.1. The van der Waals surface area contributed by atoms with Crippen molar-refractivity contribution in [3.8, 4) is 0 Å². The number of nitrogens with one attached hydrogen (secondary N) is 1. The van der Waals surface area contributed by atoms with Crippen LogP contribution in [0.2, 0.25) is 0 Å². The van der Waals surface area contributed by atoms with Crippen molar-refractivity contribution in [1.29, 1.82) is 0 Å². The molecule has 21 heavy (non-hydrogen) atoms. The van der Waals surface area contributed by atoms with Crippen LogP contribution in [0.15, 0.2) is 23.4 Å². The van der Waals surface area contributed by atoms with Gasteiger partial charge in [-0.2, -0.15) is 0 Å². The van der Waals surface area contributed by atoms with Gasteiger partial charge in [0.1, 0.15) is 5.82 Å². The number of oxime groups is 1. The van der Waals surface area contributed by atoms with Crippen LogP contribution >= 0.6 is 0 Å². The summed E-state index contributed by atoms with van der Waals surface area (Å²) in [5.41, 5.74) is 6.17. The monoisotopic (exact) mass is 293 g/mol. The first-order valence-electron chi connectivity index (χ1n) is 7.51. The van der Waals surface area contributed by atoms with Gasteiger partial charge in [-0.15, -0.1) is 0 Å². The molecule has 116 valence electrons. The molecule has 3 atom stereocenters. The van der Waals surface area contributed by atoms with E-state index < -0.39 is 5.82 Å². The average Bonchev–Trinajstić information content (AvgIpc) is 2.47. The van der Waals surface area contributed by atoms with E-state index in [1.165, 1.54) is 18.9 Å². The predicted octanol–water partition coefficient (Wildman–Crippen LogP) is 2.83. The Bertz CT molecular complexity index is 518. The SMILES string of the molecule is CC1CCC(NCc2cccc(/C(N)=N/O)c2F)C(C)C1. The molecule has 1 saturated carbocycles. The normalized spacial score (nSPS) is 26.8. The summed E-state index contributed by atoms with van der Waals surface area (Å²) >= 11 is 0. The Morgan fingerprint density at radius 1 is 1.43 bits per heavy atom. The summed E-state index contributed by atoms with van der Waals surface area (Å²) in [7, 11) is 0. The predicted molar refractivity (Wildman–Crippen MR) is 81.7 cm³/mol. The van der Waals surface area contributed by atoms with E-state index in [0.717, 1.165) is 12.3 Å². The van der Waals surface area contributed by atoms with Crippen LogP contribution in [0, 0.1) is 17.7 Å². The van der Waals surface area contributed by atoms with Crippen molar-refractivity contribution in [3.63, 3.8) is 0 Å². The molecule has 5 heteroatoms. The summed E-state index contributed by atoms with van der Waals surface area (Å²) in [6.45, 7) is 4.99. The van der Waals surface area contributed by atoms with Crippen LogP contribution in [0.4, 0.5) is 4.39 Å². The van der Waals surface area contributed by atoms with Gasteiger partial charge in [0, 0.05) is 18.2 Å². The van der Waals surface area contributed by atoms with Gasteiger partial charge in [-0.3, -0.25) is 0 Å². The van der Waals surface area contributed by atoms with Crippen molar-refractivity contribution >= 4 is 5.84 Å². The van der Waals surface area contributed by atoms with Crippen molar-refractivity contribution in [2.45, 2.75) is 45.7 Å². The third-order valence-electron chi connectivity index (χ3n) is 4.45. The van der Waals surface area contributed by atoms with Crippen molar-refractivity contribution in [2.75, 3.05) is 0 Å². The van der Waals surface area contributed by atoms with Crippen LogP contribution in [-0.4, -0.2) is 17.1 Å². The average molecular weight is 293 g/mol. The molecule has 0 heterocycles. The lowest BCUT2D eigenvalue weighted by molar-refractivity contribution is 0.226. The molecule has 0 saturated heterocycles. The first kappa shape index (κ1) is 15.8. The number of amidine groups is 1. The van der Waals surface area contributed by atoms with Crippen LogP contribution in [0.25, 0.3) is 0 Å². The molecule has 2 rings (SSSR count). The molecule has 1 fully saturated rings. The summed E-state index contributed by atoms with van der Waals surface area (Å²) in [4.78, 5) is 0. The maximum absolute atomic E-state index is 14.3. The van der Waals surface area contributed by atoms with Gasteiger partial charge in [0.25, 0.3) is 0 Å². The second kappa shape index (κ2) is 6.89. The Morgan fingerprint density at radius 2 is 2.19 bits per heavy atom. The summed E-state index contributed by atoms with van der Waals surface area (Å²) in [5.74, 6) is 0.758. The molecule has 0 spiro atoms. The number of nitrogens with two attached hydrogens (primary N) is 1. The van der Waals surface area contributed by atoms with Gasteiger partial charge in [0.05, 0.1) is 5.56 Å². The molecule has 4 nitrogen and oxygen atoms in total. The largest absolute Gasteiger partial charge is 0.409 e.